The number of para-hydroxylation sites is 1. The van der Waals surface area contributed by atoms with Crippen LogP contribution >= 0.6 is 11.6 Å². The summed E-state index contributed by atoms with van der Waals surface area (Å²) in [5.74, 6) is 0.492. The van der Waals surface area contributed by atoms with E-state index >= 15 is 0 Å². The van der Waals surface area contributed by atoms with E-state index in [-0.39, 0.29) is 11.1 Å². The van der Waals surface area contributed by atoms with E-state index in [1.807, 2.05) is 42.5 Å². The lowest BCUT2D eigenvalue weighted by Crippen LogP contribution is -1.98. The van der Waals surface area contributed by atoms with E-state index in [2.05, 4.69) is 4.57 Å². The molecule has 0 saturated carbocycles. The molecule has 24 heavy (non-hydrogen) atoms. The summed E-state index contributed by atoms with van der Waals surface area (Å²) in [6.45, 7) is 0.674. The number of alkyl halides is 1. The summed E-state index contributed by atoms with van der Waals surface area (Å²) >= 11 is 5.93. The van der Waals surface area contributed by atoms with Crippen molar-refractivity contribution in [3.8, 4) is 18.2 Å². The molecule has 0 saturated heterocycles. The van der Waals surface area contributed by atoms with E-state index < -0.39 is 0 Å². The number of aryl methyl sites for hydroxylation is 1. The van der Waals surface area contributed by atoms with Crippen LogP contribution < -0.4 is 0 Å². The van der Waals surface area contributed by atoms with Crippen molar-refractivity contribution in [1.29, 1.82) is 15.8 Å². The van der Waals surface area contributed by atoms with Crippen LogP contribution in [-0.4, -0.2) is 10.4 Å². The first-order chi connectivity index (χ1) is 11.7. The smallest absolute Gasteiger partial charge is 0.148 e. The van der Waals surface area contributed by atoms with Crippen molar-refractivity contribution >= 4 is 39.0 Å². The molecule has 0 radical (unpaired) electrons. The van der Waals surface area contributed by atoms with E-state index in [1.165, 1.54) is 0 Å². The molecule has 0 N–H and O–H groups in total. The maximum absolute atomic E-state index is 9.35. The van der Waals surface area contributed by atoms with Gasteiger partial charge in [-0.1, -0.05) is 24.3 Å². The molecule has 2 aromatic carbocycles. The summed E-state index contributed by atoms with van der Waals surface area (Å²) < 4.78 is 2.13. The zero-order valence-electron chi connectivity index (χ0n) is 12.6. The minimum atomic E-state index is -0.179. The summed E-state index contributed by atoms with van der Waals surface area (Å²) in [7, 11) is 0. The third kappa shape index (κ3) is 2.38. The van der Waals surface area contributed by atoms with Gasteiger partial charge < -0.3 is 4.57 Å². The Labute approximate surface area is 144 Å². The summed E-state index contributed by atoms with van der Waals surface area (Å²) in [4.78, 5) is 0. The second kappa shape index (κ2) is 6.47. The Balaban J connectivity index is 2.37. The SMILES string of the molecule is N#CC(C#N)=C(C#N)c1ccc2c(c1)c1ccccc1n2CCCl. The fourth-order valence-corrected chi connectivity index (χ4v) is 3.11. The Morgan fingerprint density at radius 1 is 0.917 bits per heavy atom. The van der Waals surface area contributed by atoms with Crippen molar-refractivity contribution in [2.75, 3.05) is 5.88 Å². The molecule has 0 aliphatic carbocycles. The molecule has 4 nitrogen and oxygen atoms in total. The summed E-state index contributed by atoms with van der Waals surface area (Å²) in [5, 5.41) is 29.5. The van der Waals surface area contributed by atoms with Gasteiger partial charge >= 0.3 is 0 Å². The van der Waals surface area contributed by atoms with Crippen LogP contribution in [0, 0.1) is 34.0 Å². The topological polar surface area (TPSA) is 76.3 Å². The van der Waals surface area contributed by atoms with Gasteiger partial charge in [-0.25, -0.2) is 0 Å². The van der Waals surface area contributed by atoms with E-state index in [9.17, 15) is 5.26 Å². The number of hydrogen-bond donors (Lipinski definition) is 0. The normalized spacial score (nSPS) is 10.1. The second-order valence-electron chi connectivity index (χ2n) is 5.18. The summed E-state index contributed by atoms with van der Waals surface area (Å²) in [5.41, 5.74) is 2.55. The number of fused-ring (bicyclic) bond motifs is 3. The minimum absolute atomic E-state index is 0.0936. The molecule has 0 unspecified atom stereocenters. The van der Waals surface area contributed by atoms with Crippen LogP contribution in [0.25, 0.3) is 27.4 Å². The molecule has 1 heterocycles. The van der Waals surface area contributed by atoms with E-state index in [4.69, 9.17) is 22.1 Å². The van der Waals surface area contributed by atoms with E-state index in [1.54, 1.807) is 18.2 Å². The molecule has 0 aliphatic heterocycles. The first kappa shape index (κ1) is 15.6. The first-order valence-electron chi connectivity index (χ1n) is 7.27. The van der Waals surface area contributed by atoms with Crippen LogP contribution in [0.15, 0.2) is 48.0 Å². The fourth-order valence-electron chi connectivity index (χ4n) is 2.94. The number of hydrogen-bond acceptors (Lipinski definition) is 3. The highest BCUT2D eigenvalue weighted by Gasteiger charge is 2.14. The average Bonchev–Trinajstić information content (AvgIpc) is 2.93. The van der Waals surface area contributed by atoms with Crippen molar-refractivity contribution in [2.24, 2.45) is 0 Å². The van der Waals surface area contributed by atoms with Crippen molar-refractivity contribution < 1.29 is 0 Å². The van der Waals surface area contributed by atoms with Crippen LogP contribution in [0.4, 0.5) is 0 Å². The van der Waals surface area contributed by atoms with Crippen LogP contribution in [0.1, 0.15) is 5.56 Å². The van der Waals surface area contributed by atoms with Crippen LogP contribution in [-0.2, 0) is 6.54 Å². The number of nitrogens with zero attached hydrogens (tertiary/aromatic N) is 4. The molecule has 1 aromatic heterocycles. The fraction of sp³-hybridized carbons (Fsp3) is 0.105. The molecular weight excluding hydrogens is 320 g/mol. The average molecular weight is 331 g/mol. The molecule has 3 aromatic rings. The number of halogens is 1. The standard InChI is InChI=1S/C19H11ClN4/c20-7-8-24-18-4-2-1-3-15(18)16-9-13(5-6-19(16)24)17(12-23)14(10-21)11-22/h1-6,9H,7-8H2. The van der Waals surface area contributed by atoms with Gasteiger partial charge in [-0.3, -0.25) is 0 Å². The maximum atomic E-state index is 9.35. The summed E-state index contributed by atoms with van der Waals surface area (Å²) in [6, 6.07) is 19.0. The van der Waals surface area contributed by atoms with Crippen LogP contribution in [0.2, 0.25) is 0 Å². The molecule has 114 valence electrons. The number of nitriles is 3. The Kier molecular flexibility index (Phi) is 4.21. The van der Waals surface area contributed by atoms with Crippen molar-refractivity contribution in [2.45, 2.75) is 6.54 Å². The van der Waals surface area contributed by atoms with E-state index in [0.29, 0.717) is 18.0 Å². The third-order valence-corrected chi connectivity index (χ3v) is 4.12. The first-order valence-corrected chi connectivity index (χ1v) is 7.80. The van der Waals surface area contributed by atoms with Gasteiger partial charge in [0, 0.05) is 34.2 Å². The lowest BCUT2D eigenvalue weighted by Gasteiger charge is -2.05. The van der Waals surface area contributed by atoms with Crippen molar-refractivity contribution in [3.63, 3.8) is 0 Å². The van der Waals surface area contributed by atoms with Gasteiger partial charge in [0.25, 0.3) is 0 Å². The molecule has 0 amide bonds. The molecule has 0 fully saturated rings. The van der Waals surface area contributed by atoms with Gasteiger partial charge in [0.15, 0.2) is 0 Å². The largest absolute Gasteiger partial charge is 0.339 e. The Morgan fingerprint density at radius 2 is 1.62 bits per heavy atom. The lowest BCUT2D eigenvalue weighted by atomic mass is 10.00. The molecule has 5 heteroatoms. The summed E-state index contributed by atoms with van der Waals surface area (Å²) in [6.07, 6.45) is 0. The zero-order valence-corrected chi connectivity index (χ0v) is 13.4. The quantitative estimate of drug-likeness (QED) is 0.529. The van der Waals surface area contributed by atoms with Crippen LogP contribution in [0.3, 0.4) is 0 Å². The highest BCUT2D eigenvalue weighted by atomic mass is 35.5. The van der Waals surface area contributed by atoms with Gasteiger partial charge in [-0.2, -0.15) is 15.8 Å². The molecule has 0 spiro atoms. The number of allylic oxidation sites excluding steroid dienone is 2. The Morgan fingerprint density at radius 3 is 2.29 bits per heavy atom. The maximum Gasteiger partial charge on any atom is 0.148 e. The van der Waals surface area contributed by atoms with Gasteiger partial charge in [0.1, 0.15) is 23.8 Å². The predicted molar refractivity (Wildman–Crippen MR) is 93.9 cm³/mol. The monoisotopic (exact) mass is 330 g/mol. The van der Waals surface area contributed by atoms with Crippen molar-refractivity contribution in [3.05, 3.63) is 53.6 Å². The third-order valence-electron chi connectivity index (χ3n) is 3.95. The number of rotatable bonds is 3. The molecule has 0 atom stereocenters. The van der Waals surface area contributed by atoms with Gasteiger partial charge in [-0.15, -0.1) is 11.6 Å². The highest BCUT2D eigenvalue weighted by Crippen LogP contribution is 2.31. The Bertz CT molecular complexity index is 1080. The predicted octanol–water partition coefficient (Wildman–Crippen LogP) is 4.36. The second-order valence-corrected chi connectivity index (χ2v) is 5.55. The van der Waals surface area contributed by atoms with E-state index in [0.717, 1.165) is 21.8 Å². The molecule has 0 aliphatic rings. The van der Waals surface area contributed by atoms with Gasteiger partial charge in [-0.05, 0) is 23.8 Å². The van der Waals surface area contributed by atoms with Gasteiger partial charge in [0.2, 0.25) is 0 Å². The van der Waals surface area contributed by atoms with Gasteiger partial charge in [0.05, 0.1) is 5.57 Å². The molecule has 0 bridgehead atoms. The lowest BCUT2D eigenvalue weighted by molar-refractivity contribution is 0.834. The zero-order chi connectivity index (χ0) is 17.1. The van der Waals surface area contributed by atoms with Crippen LogP contribution in [0.5, 0.6) is 0 Å². The van der Waals surface area contributed by atoms with Crippen molar-refractivity contribution in [1.82, 2.24) is 4.57 Å². The minimum Gasteiger partial charge on any atom is -0.339 e. The number of benzene rings is 2. The Hall–Kier alpha value is -3.26. The number of aromatic nitrogens is 1. The molecular formula is C19H11ClN4. The molecule has 3 rings (SSSR count). The highest BCUT2D eigenvalue weighted by molar-refractivity contribution is 6.18.